The molecule has 0 saturated heterocycles. The minimum absolute atomic E-state index is 0.0835. The molecule has 1 aromatic carbocycles. The van der Waals surface area contributed by atoms with E-state index in [-0.39, 0.29) is 52.4 Å². The van der Waals surface area contributed by atoms with Crippen LogP contribution in [0.1, 0.15) is 91.0 Å². The second-order valence-electron chi connectivity index (χ2n) is 13.4. The van der Waals surface area contributed by atoms with Gasteiger partial charge in [0.25, 0.3) is 5.91 Å². The van der Waals surface area contributed by atoms with Gasteiger partial charge in [-0.3, -0.25) is 24.0 Å². The van der Waals surface area contributed by atoms with E-state index >= 15 is 0 Å². The maximum atomic E-state index is 13.8. The van der Waals surface area contributed by atoms with Gasteiger partial charge in [-0.1, -0.05) is 75.5 Å². The number of amides is 1. The van der Waals surface area contributed by atoms with Gasteiger partial charge in [0.05, 0.1) is 29.4 Å². The van der Waals surface area contributed by atoms with Crippen LogP contribution in [0, 0.1) is 24.7 Å². The second kappa shape index (κ2) is 17.3. The number of fused-ring (bicyclic) bond motifs is 18. The molecule has 11 nitrogen and oxygen atoms in total. The zero-order valence-corrected chi connectivity index (χ0v) is 30.1. The maximum Gasteiger partial charge on any atom is 0.251 e. The Labute approximate surface area is 298 Å². The fraction of sp³-hybridized carbons (Fsp3) is 0.375. The van der Waals surface area contributed by atoms with Crippen LogP contribution in [0.4, 0.5) is 0 Å². The standard InChI is InChI=1S/C40H48N2O9/c1-20-11-9-8-10-12-23(4)40(51)42-34-33(41)39(50)31-28(38(34)49)18-26(7)37(48)32(31)36(47)25(6)17-24(5)35(46)22(3)14-16-27(43)15-13-21(2)30(45)19-29(20)44/h8-14,16-18,20,22,24,27,29,35,43-44,46,48H,15,19,41H2,1-7H3,(H,42,51). The number of nitrogens with one attached hydrogen (secondary N) is 1. The number of aromatic hydroxyl groups is 1. The van der Waals surface area contributed by atoms with Gasteiger partial charge in [-0.2, -0.15) is 0 Å². The van der Waals surface area contributed by atoms with Crippen molar-refractivity contribution in [3.8, 4) is 5.75 Å². The highest BCUT2D eigenvalue weighted by atomic mass is 16.3. The monoisotopic (exact) mass is 700 g/mol. The first-order valence-electron chi connectivity index (χ1n) is 16.8. The predicted octanol–water partition coefficient (Wildman–Crippen LogP) is 4.41. The molecule has 0 fully saturated rings. The molecular formula is C40H48N2O9. The smallest absolute Gasteiger partial charge is 0.251 e. The van der Waals surface area contributed by atoms with E-state index in [1.807, 2.05) is 0 Å². The molecule has 6 atom stereocenters. The Bertz CT molecular complexity index is 1820. The third-order valence-corrected chi connectivity index (χ3v) is 9.20. The van der Waals surface area contributed by atoms with E-state index in [0.717, 1.165) is 0 Å². The van der Waals surface area contributed by atoms with Gasteiger partial charge in [0, 0.05) is 35.3 Å². The lowest BCUT2D eigenvalue weighted by molar-refractivity contribution is -0.118. The fourth-order valence-electron chi connectivity index (χ4n) is 5.68. The summed E-state index contributed by atoms with van der Waals surface area (Å²) in [4.78, 5) is 66.8. The van der Waals surface area contributed by atoms with Crippen molar-refractivity contribution in [3.05, 3.63) is 111 Å². The second-order valence-corrected chi connectivity index (χ2v) is 13.4. The maximum absolute atomic E-state index is 13.8. The zero-order chi connectivity index (χ0) is 38.3. The Balaban J connectivity index is 2.08. The largest absolute Gasteiger partial charge is 0.507 e. The lowest BCUT2D eigenvalue weighted by atomic mass is 9.82. The Morgan fingerprint density at radius 2 is 1.41 bits per heavy atom. The van der Waals surface area contributed by atoms with E-state index in [0.29, 0.717) is 5.57 Å². The number of carbonyl (C=O) groups is 5. The van der Waals surface area contributed by atoms with Gasteiger partial charge in [0.2, 0.25) is 11.6 Å². The Hall–Kier alpha value is -4.97. The summed E-state index contributed by atoms with van der Waals surface area (Å²) in [5.41, 5.74) is 4.83. The molecule has 0 spiro atoms. The number of carbonyl (C=O) groups excluding carboxylic acids is 5. The van der Waals surface area contributed by atoms with E-state index < -0.39 is 76.1 Å². The van der Waals surface area contributed by atoms with Crippen molar-refractivity contribution >= 4 is 29.0 Å². The molecule has 2 aliphatic heterocycles. The van der Waals surface area contributed by atoms with E-state index in [1.54, 1.807) is 64.2 Å². The van der Waals surface area contributed by atoms with E-state index in [2.05, 4.69) is 5.32 Å². The molecule has 7 N–H and O–H groups in total. The van der Waals surface area contributed by atoms with Crippen LogP contribution in [0.25, 0.3) is 0 Å². The number of rotatable bonds is 0. The number of hydrogen-bond acceptors (Lipinski definition) is 10. The summed E-state index contributed by atoms with van der Waals surface area (Å²) < 4.78 is 0. The van der Waals surface area contributed by atoms with E-state index in [4.69, 9.17) is 5.73 Å². The first-order chi connectivity index (χ1) is 23.9. The third-order valence-electron chi connectivity index (χ3n) is 9.20. The quantitative estimate of drug-likeness (QED) is 0.210. The lowest BCUT2D eigenvalue weighted by Crippen LogP contribution is -2.37. The van der Waals surface area contributed by atoms with Gasteiger partial charge >= 0.3 is 0 Å². The molecule has 1 aromatic rings. The molecule has 3 aliphatic rings. The molecule has 2 heterocycles. The average molecular weight is 701 g/mol. The molecule has 4 rings (SSSR count). The summed E-state index contributed by atoms with van der Waals surface area (Å²) >= 11 is 0. The molecule has 272 valence electrons. The SMILES string of the molecule is CC1=CCC(O)C=CC(C)C(O)C(C)C=C(C)C(=O)c2c(O)c(C)cc3c2C(=O)C(N)=C(NC(=O)C(C)=CC=CC=CC(C)C(O)CC1=O)C3=O. The van der Waals surface area contributed by atoms with Crippen molar-refractivity contribution in [2.75, 3.05) is 0 Å². The topological polar surface area (TPSA) is 204 Å². The Kier molecular flexibility index (Phi) is 13.7. The van der Waals surface area contributed by atoms with Crippen LogP contribution >= 0.6 is 0 Å². The van der Waals surface area contributed by atoms with Crippen molar-refractivity contribution in [2.24, 2.45) is 23.5 Å². The van der Waals surface area contributed by atoms with Gasteiger partial charge in [0.1, 0.15) is 17.1 Å². The fourth-order valence-corrected chi connectivity index (χ4v) is 5.68. The highest BCUT2D eigenvalue weighted by molar-refractivity contribution is 6.31. The van der Waals surface area contributed by atoms with Gasteiger partial charge in [-0.05, 0) is 56.9 Å². The number of aryl methyl sites for hydroxylation is 1. The van der Waals surface area contributed by atoms with E-state index in [1.165, 1.54) is 45.1 Å². The molecule has 1 amide bonds. The van der Waals surface area contributed by atoms with Gasteiger partial charge in [-0.15, -0.1) is 0 Å². The van der Waals surface area contributed by atoms with E-state index in [9.17, 15) is 44.4 Å². The minimum Gasteiger partial charge on any atom is -0.507 e. The van der Waals surface area contributed by atoms with Gasteiger partial charge in [0.15, 0.2) is 11.6 Å². The summed E-state index contributed by atoms with van der Waals surface area (Å²) in [6.07, 6.45) is 11.3. The number of Topliss-reactive ketones (excluding diaryl/α,β-unsaturated/α-hetero) is 4. The van der Waals surface area contributed by atoms with Crippen LogP contribution in [-0.4, -0.2) is 67.8 Å². The Morgan fingerprint density at radius 1 is 0.745 bits per heavy atom. The number of allylic oxidation sites excluding steroid dienone is 8. The lowest BCUT2D eigenvalue weighted by Gasteiger charge is -2.24. The molecule has 0 aromatic heterocycles. The van der Waals surface area contributed by atoms with Crippen LogP contribution in [0.5, 0.6) is 5.75 Å². The predicted molar refractivity (Wildman–Crippen MR) is 194 cm³/mol. The number of aliphatic hydroxyl groups is 3. The zero-order valence-electron chi connectivity index (χ0n) is 30.1. The molecule has 0 radical (unpaired) electrons. The molecule has 11 heteroatoms. The minimum atomic E-state index is -1.01. The third kappa shape index (κ3) is 9.63. The first-order valence-corrected chi connectivity index (χ1v) is 16.8. The van der Waals surface area contributed by atoms with Crippen molar-refractivity contribution in [3.63, 3.8) is 0 Å². The van der Waals surface area contributed by atoms with Crippen LogP contribution < -0.4 is 11.1 Å². The van der Waals surface area contributed by atoms with Crippen molar-refractivity contribution < 1.29 is 44.4 Å². The highest BCUT2D eigenvalue weighted by Crippen LogP contribution is 2.36. The molecule has 1 aliphatic carbocycles. The van der Waals surface area contributed by atoms with Crippen LogP contribution in [0.2, 0.25) is 0 Å². The number of phenolic OH excluding ortho intramolecular Hbond substituents is 1. The van der Waals surface area contributed by atoms with Crippen LogP contribution in [0.3, 0.4) is 0 Å². The molecule has 4 bridgehead atoms. The number of phenols is 1. The number of aliphatic hydroxyl groups excluding tert-OH is 3. The number of nitrogens with two attached hydrogens (primary N) is 1. The molecule has 6 unspecified atom stereocenters. The number of ketones is 4. The van der Waals surface area contributed by atoms with Gasteiger partial charge in [-0.25, -0.2) is 0 Å². The molecule has 51 heavy (non-hydrogen) atoms. The van der Waals surface area contributed by atoms with Gasteiger partial charge < -0.3 is 31.5 Å². The summed E-state index contributed by atoms with van der Waals surface area (Å²) in [5, 5.41) is 45.6. The number of benzene rings is 1. The molecule has 0 saturated carbocycles. The van der Waals surface area contributed by atoms with Crippen molar-refractivity contribution in [1.29, 1.82) is 0 Å². The first kappa shape index (κ1) is 40.5. The summed E-state index contributed by atoms with van der Waals surface area (Å²) in [6.45, 7) is 11.2. The summed E-state index contributed by atoms with van der Waals surface area (Å²) in [6, 6.07) is 1.26. The normalized spacial score (nSPS) is 26.6. The van der Waals surface area contributed by atoms with Crippen molar-refractivity contribution in [1.82, 2.24) is 5.32 Å². The van der Waals surface area contributed by atoms with Crippen LogP contribution in [0.15, 0.2) is 88.9 Å². The number of hydrogen-bond donors (Lipinski definition) is 6. The van der Waals surface area contributed by atoms with Crippen molar-refractivity contribution in [2.45, 2.75) is 79.6 Å². The summed E-state index contributed by atoms with van der Waals surface area (Å²) in [7, 11) is 0. The average Bonchev–Trinajstić information content (AvgIpc) is 3.09. The highest BCUT2D eigenvalue weighted by Gasteiger charge is 2.38. The molecular weight excluding hydrogens is 652 g/mol. The Morgan fingerprint density at radius 3 is 2.08 bits per heavy atom. The summed E-state index contributed by atoms with van der Waals surface area (Å²) in [5.74, 6) is -5.44. The van der Waals surface area contributed by atoms with Crippen LogP contribution in [-0.2, 0) is 9.59 Å².